The van der Waals surface area contributed by atoms with Gasteiger partial charge in [-0.15, -0.1) is 0 Å². The van der Waals surface area contributed by atoms with Crippen LogP contribution in [0.3, 0.4) is 0 Å². The molecule has 2 aromatic rings. The summed E-state index contributed by atoms with van der Waals surface area (Å²) in [7, 11) is 0. The Balaban J connectivity index is 2.10. The largest absolute Gasteiger partial charge is 0.486 e. The maximum atomic E-state index is 13.4. The molecule has 0 saturated carbocycles. The van der Waals surface area contributed by atoms with E-state index in [1.807, 2.05) is 0 Å². The van der Waals surface area contributed by atoms with E-state index in [9.17, 15) is 4.39 Å². The zero-order valence-corrected chi connectivity index (χ0v) is 9.62. The van der Waals surface area contributed by atoms with Crippen LogP contribution in [0.15, 0.2) is 36.7 Å². The van der Waals surface area contributed by atoms with Gasteiger partial charge in [-0.1, -0.05) is 11.6 Å². The van der Waals surface area contributed by atoms with Crippen LogP contribution >= 0.6 is 11.6 Å². The number of hydrogen-bond donors (Lipinski definition) is 1. The van der Waals surface area contributed by atoms with Crippen molar-refractivity contribution in [1.82, 2.24) is 4.98 Å². The van der Waals surface area contributed by atoms with E-state index in [0.717, 1.165) is 5.56 Å². The van der Waals surface area contributed by atoms with Gasteiger partial charge in [0.2, 0.25) is 0 Å². The highest BCUT2D eigenvalue weighted by Gasteiger charge is 2.05. The number of nitrogens with zero attached hydrogens (tertiary/aromatic N) is 1. The Morgan fingerprint density at radius 3 is 2.88 bits per heavy atom. The Morgan fingerprint density at radius 2 is 2.18 bits per heavy atom. The van der Waals surface area contributed by atoms with Crippen LogP contribution in [-0.4, -0.2) is 4.98 Å². The van der Waals surface area contributed by atoms with Crippen molar-refractivity contribution in [3.8, 4) is 5.75 Å². The third-order valence-electron chi connectivity index (χ3n) is 2.20. The number of nitrogen functional groups attached to an aromatic ring is 1. The van der Waals surface area contributed by atoms with Crippen LogP contribution in [0.5, 0.6) is 5.75 Å². The number of rotatable bonds is 3. The van der Waals surface area contributed by atoms with E-state index in [2.05, 4.69) is 4.98 Å². The number of halogens is 2. The zero-order valence-electron chi connectivity index (χ0n) is 8.86. The molecule has 0 aliphatic rings. The van der Waals surface area contributed by atoms with Crippen molar-refractivity contribution in [3.63, 3.8) is 0 Å². The van der Waals surface area contributed by atoms with Crippen molar-refractivity contribution in [2.45, 2.75) is 6.61 Å². The molecule has 88 valence electrons. The number of ether oxygens (including phenoxy) is 1. The molecule has 17 heavy (non-hydrogen) atoms. The maximum Gasteiger partial charge on any atom is 0.167 e. The first kappa shape index (κ1) is 11.7. The van der Waals surface area contributed by atoms with Crippen molar-refractivity contribution >= 4 is 17.3 Å². The highest BCUT2D eigenvalue weighted by Crippen LogP contribution is 2.22. The van der Waals surface area contributed by atoms with Gasteiger partial charge in [0, 0.05) is 29.7 Å². The second-order valence-electron chi connectivity index (χ2n) is 3.45. The van der Waals surface area contributed by atoms with Crippen LogP contribution < -0.4 is 10.5 Å². The van der Waals surface area contributed by atoms with Gasteiger partial charge < -0.3 is 10.5 Å². The third kappa shape index (κ3) is 2.85. The second-order valence-corrected chi connectivity index (χ2v) is 3.85. The predicted molar refractivity (Wildman–Crippen MR) is 64.4 cm³/mol. The number of benzene rings is 1. The molecule has 0 atom stereocenters. The summed E-state index contributed by atoms with van der Waals surface area (Å²) in [6.45, 7) is 0.183. The molecule has 1 aromatic heterocycles. The lowest BCUT2D eigenvalue weighted by atomic mass is 10.2. The van der Waals surface area contributed by atoms with Crippen LogP contribution in [0.4, 0.5) is 10.1 Å². The summed E-state index contributed by atoms with van der Waals surface area (Å²) in [5.74, 6) is -0.345. The molecule has 0 spiro atoms. The van der Waals surface area contributed by atoms with Gasteiger partial charge in [0.15, 0.2) is 11.6 Å². The molecular weight excluding hydrogens is 243 g/mol. The van der Waals surface area contributed by atoms with Gasteiger partial charge in [0.1, 0.15) is 6.61 Å². The minimum absolute atomic E-state index is 0.145. The quantitative estimate of drug-likeness (QED) is 0.854. The van der Waals surface area contributed by atoms with Gasteiger partial charge in [-0.3, -0.25) is 4.98 Å². The summed E-state index contributed by atoms with van der Waals surface area (Å²) in [6.07, 6.45) is 3.11. The van der Waals surface area contributed by atoms with E-state index in [1.54, 1.807) is 18.3 Å². The van der Waals surface area contributed by atoms with Crippen LogP contribution in [0, 0.1) is 5.82 Å². The summed E-state index contributed by atoms with van der Waals surface area (Å²) in [5, 5.41) is 0.489. The topological polar surface area (TPSA) is 48.1 Å². The number of aromatic nitrogens is 1. The highest BCUT2D eigenvalue weighted by atomic mass is 35.5. The SMILES string of the molecule is Nc1ccc(OCc2ccncc2Cl)c(F)c1. The number of pyridine rings is 1. The molecule has 0 fully saturated rings. The first-order valence-corrected chi connectivity index (χ1v) is 5.31. The molecular formula is C12H10ClFN2O. The summed E-state index contributed by atoms with van der Waals surface area (Å²) >= 11 is 5.90. The number of hydrogen-bond acceptors (Lipinski definition) is 3. The zero-order chi connectivity index (χ0) is 12.3. The Kier molecular flexibility index (Phi) is 3.44. The molecule has 0 unspecified atom stereocenters. The Labute approximate surface area is 103 Å². The van der Waals surface area contributed by atoms with Gasteiger partial charge in [0.25, 0.3) is 0 Å². The molecule has 2 N–H and O–H groups in total. The van der Waals surface area contributed by atoms with Crippen molar-refractivity contribution in [1.29, 1.82) is 0 Å². The van der Waals surface area contributed by atoms with Crippen molar-refractivity contribution in [2.75, 3.05) is 5.73 Å². The van der Waals surface area contributed by atoms with Gasteiger partial charge in [-0.2, -0.15) is 0 Å². The normalized spacial score (nSPS) is 10.2. The van der Waals surface area contributed by atoms with E-state index in [-0.39, 0.29) is 12.4 Å². The molecule has 0 aliphatic carbocycles. The highest BCUT2D eigenvalue weighted by molar-refractivity contribution is 6.31. The van der Waals surface area contributed by atoms with Gasteiger partial charge in [-0.05, 0) is 18.2 Å². The lowest BCUT2D eigenvalue weighted by molar-refractivity contribution is 0.290. The fourth-order valence-electron chi connectivity index (χ4n) is 1.31. The first-order chi connectivity index (χ1) is 8.16. The van der Waals surface area contributed by atoms with Crippen LogP contribution in [-0.2, 0) is 6.61 Å². The van der Waals surface area contributed by atoms with E-state index in [1.165, 1.54) is 18.3 Å². The summed E-state index contributed by atoms with van der Waals surface area (Å²) in [4.78, 5) is 3.85. The molecule has 0 amide bonds. The van der Waals surface area contributed by atoms with Crippen LogP contribution in [0.2, 0.25) is 5.02 Å². The summed E-state index contributed by atoms with van der Waals surface area (Å²) in [5.41, 5.74) is 6.54. The second kappa shape index (κ2) is 5.01. The molecule has 1 heterocycles. The van der Waals surface area contributed by atoms with Gasteiger partial charge >= 0.3 is 0 Å². The van der Waals surface area contributed by atoms with E-state index in [0.29, 0.717) is 10.7 Å². The minimum Gasteiger partial charge on any atom is -0.486 e. The van der Waals surface area contributed by atoms with Crippen LogP contribution in [0.25, 0.3) is 0 Å². The molecule has 0 radical (unpaired) electrons. The van der Waals surface area contributed by atoms with Crippen LogP contribution in [0.1, 0.15) is 5.56 Å². The number of nitrogens with two attached hydrogens (primary N) is 1. The van der Waals surface area contributed by atoms with Gasteiger partial charge in [0.05, 0.1) is 5.02 Å². The molecule has 3 nitrogen and oxygen atoms in total. The Bertz CT molecular complexity index is 534. The third-order valence-corrected chi connectivity index (χ3v) is 2.54. The van der Waals surface area contributed by atoms with Crippen molar-refractivity contribution in [2.24, 2.45) is 0 Å². The molecule has 0 bridgehead atoms. The average molecular weight is 253 g/mol. The monoisotopic (exact) mass is 252 g/mol. The predicted octanol–water partition coefficient (Wildman–Crippen LogP) is 3.04. The van der Waals surface area contributed by atoms with E-state index in [4.69, 9.17) is 22.1 Å². The maximum absolute atomic E-state index is 13.4. The molecule has 0 aliphatic heterocycles. The average Bonchev–Trinajstić information content (AvgIpc) is 2.30. The fourth-order valence-corrected chi connectivity index (χ4v) is 1.48. The standard InChI is InChI=1S/C12H10ClFN2O/c13-10-6-16-4-3-8(10)7-17-12-2-1-9(15)5-11(12)14/h1-6H,7,15H2. The Hall–Kier alpha value is -1.81. The van der Waals surface area contributed by atoms with E-state index >= 15 is 0 Å². The molecule has 2 rings (SSSR count). The molecule has 0 saturated heterocycles. The van der Waals surface area contributed by atoms with Gasteiger partial charge in [-0.25, -0.2) is 4.39 Å². The Morgan fingerprint density at radius 1 is 1.35 bits per heavy atom. The summed E-state index contributed by atoms with van der Waals surface area (Å²) in [6, 6.07) is 5.99. The van der Waals surface area contributed by atoms with Crippen molar-refractivity contribution in [3.05, 3.63) is 53.1 Å². The van der Waals surface area contributed by atoms with Crippen molar-refractivity contribution < 1.29 is 9.13 Å². The van der Waals surface area contributed by atoms with E-state index < -0.39 is 5.82 Å². The lowest BCUT2D eigenvalue weighted by Crippen LogP contribution is -1.99. The molecule has 1 aromatic carbocycles. The smallest absolute Gasteiger partial charge is 0.167 e. The molecule has 5 heteroatoms. The first-order valence-electron chi connectivity index (χ1n) is 4.93. The minimum atomic E-state index is -0.491. The lowest BCUT2D eigenvalue weighted by Gasteiger charge is -2.08. The summed E-state index contributed by atoms with van der Waals surface area (Å²) < 4.78 is 18.7. The fraction of sp³-hybridized carbons (Fsp3) is 0.0833. The number of anilines is 1.